The van der Waals surface area contributed by atoms with E-state index in [-0.39, 0.29) is 30.7 Å². The minimum atomic E-state index is -0.121. The van der Waals surface area contributed by atoms with E-state index in [9.17, 15) is 4.79 Å². The molecule has 1 aromatic carbocycles. The van der Waals surface area contributed by atoms with Gasteiger partial charge in [0, 0.05) is 34.9 Å². The Morgan fingerprint density at radius 3 is 2.59 bits per heavy atom. The largest absolute Gasteiger partial charge is 0.357 e. The second-order valence-electron chi connectivity index (χ2n) is 9.40. The number of rotatable bonds is 6. The number of fused-ring (bicyclic) bond motifs is 1. The van der Waals surface area contributed by atoms with Crippen LogP contribution in [0.5, 0.6) is 0 Å². The molecule has 3 aromatic rings. The van der Waals surface area contributed by atoms with Gasteiger partial charge in [-0.25, -0.2) is 4.98 Å². The van der Waals surface area contributed by atoms with Crippen molar-refractivity contribution in [1.29, 1.82) is 0 Å². The molecule has 0 radical (unpaired) electrons. The van der Waals surface area contributed by atoms with E-state index in [2.05, 4.69) is 50.7 Å². The molecule has 0 aliphatic carbocycles. The number of nitrogens with one attached hydrogen (secondary N) is 3. The van der Waals surface area contributed by atoms with Gasteiger partial charge in [-0.15, -0.1) is 24.8 Å². The van der Waals surface area contributed by atoms with Crippen molar-refractivity contribution in [3.63, 3.8) is 0 Å². The molecule has 184 valence electrons. The smallest absolute Gasteiger partial charge is 0.256 e. The van der Waals surface area contributed by atoms with E-state index in [1.807, 2.05) is 24.4 Å². The van der Waals surface area contributed by atoms with E-state index < -0.39 is 0 Å². The lowest BCUT2D eigenvalue weighted by Gasteiger charge is -2.22. The average Bonchev–Trinajstić information content (AvgIpc) is 3.44. The van der Waals surface area contributed by atoms with Crippen LogP contribution >= 0.6 is 24.8 Å². The Bertz CT molecular complexity index is 1080. The first-order valence-electron chi connectivity index (χ1n) is 12.0. The number of aryl methyl sites for hydroxylation is 1. The van der Waals surface area contributed by atoms with Gasteiger partial charge in [0.25, 0.3) is 5.91 Å². The normalized spacial score (nSPS) is 18.9. The molecule has 5 rings (SSSR count). The zero-order chi connectivity index (χ0) is 21.9. The first-order chi connectivity index (χ1) is 15.7. The van der Waals surface area contributed by atoms with Gasteiger partial charge >= 0.3 is 0 Å². The van der Waals surface area contributed by atoms with Crippen molar-refractivity contribution in [3.05, 3.63) is 59.4 Å². The molecule has 0 saturated carbocycles. The number of amides is 1. The van der Waals surface area contributed by atoms with Gasteiger partial charge < -0.3 is 15.6 Å². The quantitative estimate of drug-likeness (QED) is 0.423. The molecule has 0 bridgehead atoms. The van der Waals surface area contributed by atoms with Crippen molar-refractivity contribution in [2.75, 3.05) is 32.0 Å². The maximum Gasteiger partial charge on any atom is 0.256 e. The maximum absolute atomic E-state index is 12.7. The van der Waals surface area contributed by atoms with Crippen LogP contribution in [0.25, 0.3) is 10.9 Å². The number of H-pyrrole nitrogens is 1. The van der Waals surface area contributed by atoms with Gasteiger partial charge in [0.1, 0.15) is 5.82 Å². The number of pyridine rings is 1. The highest BCUT2D eigenvalue weighted by Gasteiger charge is 2.24. The molecule has 0 spiro atoms. The Labute approximate surface area is 214 Å². The summed E-state index contributed by atoms with van der Waals surface area (Å²) in [6, 6.07) is 12.6. The van der Waals surface area contributed by atoms with Gasteiger partial charge in [0.05, 0.1) is 5.52 Å². The van der Waals surface area contributed by atoms with Crippen LogP contribution in [-0.4, -0.2) is 47.5 Å². The molecule has 3 N–H and O–H groups in total. The lowest BCUT2D eigenvalue weighted by Crippen LogP contribution is -2.27. The van der Waals surface area contributed by atoms with Crippen LogP contribution in [0.1, 0.15) is 59.8 Å². The Morgan fingerprint density at radius 1 is 1.12 bits per heavy atom. The number of aromatic amines is 1. The first-order valence-corrected chi connectivity index (χ1v) is 12.0. The number of hydrogen-bond acceptors (Lipinski definition) is 4. The van der Waals surface area contributed by atoms with E-state index in [4.69, 9.17) is 0 Å². The maximum atomic E-state index is 12.7. The number of carbonyl (C=O) groups is 1. The zero-order valence-corrected chi connectivity index (χ0v) is 21.3. The summed E-state index contributed by atoms with van der Waals surface area (Å²) < 4.78 is 0. The number of halogens is 2. The summed E-state index contributed by atoms with van der Waals surface area (Å²) in [5.41, 5.74) is 4.21. The zero-order valence-electron chi connectivity index (χ0n) is 19.7. The number of carbonyl (C=O) groups excluding carboxylic acids is 1. The Kier molecular flexibility index (Phi) is 9.37. The summed E-state index contributed by atoms with van der Waals surface area (Å²) in [5, 5.41) is 7.46. The number of hydrogen-bond donors (Lipinski definition) is 3. The molecular weight excluding hydrogens is 469 g/mol. The lowest BCUT2D eigenvalue weighted by atomic mass is 9.91. The fourth-order valence-corrected chi connectivity index (χ4v) is 5.15. The van der Waals surface area contributed by atoms with Crippen LogP contribution < -0.4 is 10.6 Å². The molecular formula is C26H35Cl2N5O. The predicted molar refractivity (Wildman–Crippen MR) is 144 cm³/mol. The van der Waals surface area contributed by atoms with E-state index >= 15 is 0 Å². The van der Waals surface area contributed by atoms with E-state index in [0.717, 1.165) is 42.9 Å². The third-order valence-corrected chi connectivity index (χ3v) is 7.16. The summed E-state index contributed by atoms with van der Waals surface area (Å²) in [6.07, 6.45) is 9.10. The highest BCUT2D eigenvalue weighted by Crippen LogP contribution is 2.32. The third kappa shape index (κ3) is 6.11. The lowest BCUT2D eigenvalue weighted by molar-refractivity contribution is 0.102. The van der Waals surface area contributed by atoms with Crippen LogP contribution in [0.4, 0.5) is 5.82 Å². The molecule has 2 aromatic heterocycles. The van der Waals surface area contributed by atoms with Gasteiger partial charge in [-0.3, -0.25) is 9.69 Å². The van der Waals surface area contributed by atoms with Crippen molar-refractivity contribution in [3.8, 4) is 0 Å². The summed E-state index contributed by atoms with van der Waals surface area (Å²) in [7, 11) is 2.17. The predicted octanol–water partition coefficient (Wildman–Crippen LogP) is 5.36. The number of likely N-dealkylation sites (tertiary alicyclic amines) is 1. The molecule has 0 unspecified atom stereocenters. The molecule has 6 nitrogen and oxygen atoms in total. The van der Waals surface area contributed by atoms with E-state index in [1.54, 1.807) is 0 Å². The van der Waals surface area contributed by atoms with Crippen molar-refractivity contribution in [2.24, 2.45) is 5.92 Å². The summed E-state index contributed by atoms with van der Waals surface area (Å²) >= 11 is 0. The summed E-state index contributed by atoms with van der Waals surface area (Å²) in [4.78, 5) is 23.1. The summed E-state index contributed by atoms with van der Waals surface area (Å²) in [6.45, 7) is 3.42. The molecule has 1 amide bonds. The Balaban J connectivity index is 0.00000162. The number of piperidine rings is 1. The first kappa shape index (κ1) is 26.5. The van der Waals surface area contributed by atoms with E-state index in [1.165, 1.54) is 43.4 Å². The Morgan fingerprint density at radius 2 is 1.88 bits per heavy atom. The third-order valence-electron chi connectivity index (χ3n) is 7.16. The molecule has 1 atom stereocenters. The van der Waals surface area contributed by atoms with E-state index in [0.29, 0.717) is 17.4 Å². The number of aromatic nitrogens is 2. The number of anilines is 1. The topological polar surface area (TPSA) is 73.1 Å². The van der Waals surface area contributed by atoms with Gasteiger partial charge in [0.15, 0.2) is 0 Å². The van der Waals surface area contributed by atoms with Gasteiger partial charge in [0.2, 0.25) is 0 Å². The van der Waals surface area contributed by atoms with Crippen LogP contribution in [0.15, 0.2) is 42.6 Å². The second-order valence-corrected chi connectivity index (χ2v) is 9.40. The highest BCUT2D eigenvalue weighted by molar-refractivity contribution is 6.04. The molecule has 2 fully saturated rings. The van der Waals surface area contributed by atoms with Crippen molar-refractivity contribution in [2.45, 2.75) is 44.6 Å². The second kappa shape index (κ2) is 12.0. The Hall–Kier alpha value is -2.12. The van der Waals surface area contributed by atoms with Crippen LogP contribution in [0.2, 0.25) is 0 Å². The molecule has 34 heavy (non-hydrogen) atoms. The van der Waals surface area contributed by atoms with Crippen molar-refractivity contribution in [1.82, 2.24) is 20.2 Å². The monoisotopic (exact) mass is 503 g/mol. The molecule has 8 heteroatoms. The molecule has 2 saturated heterocycles. The summed E-state index contributed by atoms with van der Waals surface area (Å²) in [5.74, 6) is 1.28. The van der Waals surface area contributed by atoms with Crippen molar-refractivity contribution < 1.29 is 4.79 Å². The number of benzene rings is 1. The van der Waals surface area contributed by atoms with Crippen LogP contribution in [0.3, 0.4) is 0 Å². The van der Waals surface area contributed by atoms with Crippen LogP contribution in [0, 0.1) is 5.92 Å². The standard InChI is InChI=1S/C26H33N5O.2ClH/c1-31-14-2-3-24(31)23-15-21-17-28-25(16-22(21)29-23)30-26(32)20-8-6-18(7-9-20)4-5-19-10-12-27-13-11-19;;/h6-9,15-17,19,24,27,29H,2-5,10-14H2,1H3,(H,28,30,32);2*1H/t24-;;/m1../s1. The van der Waals surface area contributed by atoms with Crippen LogP contribution in [-0.2, 0) is 6.42 Å². The molecule has 4 heterocycles. The van der Waals surface area contributed by atoms with Crippen molar-refractivity contribution >= 4 is 47.4 Å². The SMILES string of the molecule is CN1CCC[C@@H]1c1cc2cnc(NC(=O)c3ccc(CCC4CCNCC4)cc3)cc2[nH]1.Cl.Cl. The molecule has 2 aliphatic rings. The fourth-order valence-electron chi connectivity index (χ4n) is 5.15. The fraction of sp³-hybridized carbons (Fsp3) is 0.462. The van der Waals surface area contributed by atoms with Gasteiger partial charge in [-0.2, -0.15) is 0 Å². The van der Waals surface area contributed by atoms with Gasteiger partial charge in [-0.1, -0.05) is 12.1 Å². The highest BCUT2D eigenvalue weighted by atomic mass is 35.5. The minimum Gasteiger partial charge on any atom is -0.357 e. The molecule has 2 aliphatic heterocycles. The number of nitrogens with zero attached hydrogens (tertiary/aromatic N) is 2. The minimum absolute atomic E-state index is 0. The van der Waals surface area contributed by atoms with Gasteiger partial charge in [-0.05, 0) is 94.9 Å². The average molecular weight is 505 g/mol.